The van der Waals surface area contributed by atoms with Gasteiger partial charge in [-0.1, -0.05) is 23.5 Å². The fraction of sp³-hybridized carbons (Fsp3) is 0.0625. The van der Waals surface area contributed by atoms with Gasteiger partial charge in [-0.2, -0.15) is 0 Å². The van der Waals surface area contributed by atoms with Crippen LogP contribution in [0.15, 0.2) is 53.4 Å². The molecule has 0 atom stereocenters. The van der Waals surface area contributed by atoms with Crippen LogP contribution in [0.3, 0.4) is 0 Å². The summed E-state index contributed by atoms with van der Waals surface area (Å²) in [6.45, 7) is 0. The third-order valence-corrected chi connectivity index (χ3v) is 5.37. The van der Waals surface area contributed by atoms with Gasteiger partial charge in [0.2, 0.25) is 0 Å². The van der Waals surface area contributed by atoms with Crippen molar-refractivity contribution in [1.29, 1.82) is 0 Å². The van der Waals surface area contributed by atoms with Gasteiger partial charge in [0.15, 0.2) is 15.0 Å². The number of aromatic nitrogens is 1. The molecule has 0 bridgehead atoms. The first kappa shape index (κ1) is 15.6. The van der Waals surface area contributed by atoms with Crippen molar-refractivity contribution in [2.45, 2.75) is 4.90 Å². The lowest BCUT2D eigenvalue weighted by Gasteiger charge is -2.04. The van der Waals surface area contributed by atoms with Crippen LogP contribution in [0, 0.1) is 5.82 Å². The van der Waals surface area contributed by atoms with Gasteiger partial charge in [-0.15, -0.1) is 0 Å². The van der Waals surface area contributed by atoms with Crippen molar-refractivity contribution in [2.24, 2.45) is 0 Å². The highest BCUT2D eigenvalue weighted by Gasteiger charge is 2.15. The first-order valence-corrected chi connectivity index (χ1v) is 9.38. The Balaban J connectivity index is 2.09. The van der Waals surface area contributed by atoms with Crippen LogP contribution in [0.2, 0.25) is 0 Å². The molecular weight excluding hydrogens is 335 g/mol. The number of nitrogens with two attached hydrogens (primary N) is 1. The maximum atomic E-state index is 13.1. The van der Waals surface area contributed by atoms with E-state index < -0.39 is 9.84 Å². The molecule has 0 aliphatic heterocycles. The van der Waals surface area contributed by atoms with Crippen LogP contribution < -0.4 is 5.73 Å². The highest BCUT2D eigenvalue weighted by atomic mass is 32.2. The first-order chi connectivity index (χ1) is 10.8. The minimum Gasteiger partial charge on any atom is -0.375 e. The van der Waals surface area contributed by atoms with Crippen molar-refractivity contribution in [1.82, 2.24) is 4.98 Å². The zero-order valence-corrected chi connectivity index (χ0v) is 13.8. The second-order valence-corrected chi connectivity index (χ2v) is 8.08. The summed E-state index contributed by atoms with van der Waals surface area (Å²) >= 11 is 1.30. The second-order valence-electron chi connectivity index (χ2n) is 5.03. The number of sulfone groups is 1. The van der Waals surface area contributed by atoms with Crippen LogP contribution in [-0.4, -0.2) is 19.7 Å². The van der Waals surface area contributed by atoms with Crippen LogP contribution in [0.1, 0.15) is 0 Å². The van der Waals surface area contributed by atoms with E-state index in [0.717, 1.165) is 22.3 Å². The normalized spacial score (nSPS) is 11.6. The summed E-state index contributed by atoms with van der Waals surface area (Å²) < 4.78 is 36.2. The molecule has 0 aliphatic rings. The Kier molecular flexibility index (Phi) is 3.91. The van der Waals surface area contributed by atoms with Gasteiger partial charge in [-0.25, -0.2) is 17.8 Å². The molecule has 0 radical (unpaired) electrons. The number of anilines is 1. The maximum absolute atomic E-state index is 13.1. The van der Waals surface area contributed by atoms with E-state index in [1.165, 1.54) is 23.5 Å². The summed E-state index contributed by atoms with van der Waals surface area (Å²) in [5.74, 6) is -0.323. The molecule has 118 valence electrons. The Hall–Kier alpha value is -2.25. The predicted octanol–water partition coefficient (Wildman–Crippen LogP) is 3.60. The molecule has 0 saturated heterocycles. The van der Waals surface area contributed by atoms with E-state index in [4.69, 9.17) is 5.73 Å². The van der Waals surface area contributed by atoms with E-state index >= 15 is 0 Å². The molecule has 0 unspecified atom stereocenters. The average Bonchev–Trinajstić information content (AvgIpc) is 2.89. The summed E-state index contributed by atoms with van der Waals surface area (Å²) in [6, 6.07) is 12.5. The molecule has 3 rings (SSSR count). The number of hydrogen-bond acceptors (Lipinski definition) is 5. The summed E-state index contributed by atoms with van der Waals surface area (Å²) in [4.78, 5) is 5.38. The van der Waals surface area contributed by atoms with Gasteiger partial charge in [-0.05, 0) is 42.0 Å². The number of nitrogen functional groups attached to an aromatic ring is 1. The lowest BCUT2D eigenvalue weighted by atomic mass is 10.1. The molecule has 4 nitrogen and oxygen atoms in total. The Labute approximate surface area is 137 Å². The van der Waals surface area contributed by atoms with Gasteiger partial charge >= 0.3 is 0 Å². The summed E-state index contributed by atoms with van der Waals surface area (Å²) in [7, 11) is -3.24. The molecule has 0 aliphatic carbocycles. The molecule has 0 amide bonds. The van der Waals surface area contributed by atoms with Crippen molar-refractivity contribution >= 4 is 26.3 Å². The quantitative estimate of drug-likeness (QED) is 0.785. The standard InChI is InChI=1S/C16H13FN2O2S2/c1-23(20,21)13-8-4-11(5-9-13)15-14(19-16(18)22-15)10-2-6-12(17)7-3-10/h2-9H,1H3,(H2,18,19). The number of hydrogen-bond donors (Lipinski definition) is 1. The fourth-order valence-electron chi connectivity index (χ4n) is 2.19. The molecule has 1 aromatic heterocycles. The van der Waals surface area contributed by atoms with Gasteiger partial charge in [0.25, 0.3) is 0 Å². The van der Waals surface area contributed by atoms with Crippen molar-refractivity contribution in [3.63, 3.8) is 0 Å². The van der Waals surface area contributed by atoms with E-state index in [2.05, 4.69) is 4.98 Å². The lowest BCUT2D eigenvalue weighted by molar-refractivity contribution is 0.602. The van der Waals surface area contributed by atoms with Crippen LogP contribution in [0.4, 0.5) is 9.52 Å². The van der Waals surface area contributed by atoms with Gasteiger partial charge in [-0.3, -0.25) is 0 Å². The molecule has 0 fully saturated rings. The molecule has 2 N–H and O–H groups in total. The third-order valence-electron chi connectivity index (χ3n) is 3.31. The van der Waals surface area contributed by atoms with E-state index in [-0.39, 0.29) is 10.7 Å². The molecule has 2 aromatic carbocycles. The third kappa shape index (κ3) is 3.25. The largest absolute Gasteiger partial charge is 0.375 e. The van der Waals surface area contributed by atoms with Crippen molar-refractivity contribution in [2.75, 3.05) is 12.0 Å². The van der Waals surface area contributed by atoms with Crippen LogP contribution in [0.25, 0.3) is 21.7 Å². The molecule has 0 saturated carbocycles. The van der Waals surface area contributed by atoms with Crippen molar-refractivity contribution in [3.8, 4) is 21.7 Å². The SMILES string of the molecule is CS(=O)(=O)c1ccc(-c2sc(N)nc2-c2ccc(F)cc2)cc1. The lowest BCUT2D eigenvalue weighted by Crippen LogP contribution is -1.96. The van der Waals surface area contributed by atoms with E-state index in [1.807, 2.05) is 0 Å². The number of halogens is 1. The Bertz CT molecular complexity index is 947. The fourth-order valence-corrected chi connectivity index (χ4v) is 3.68. The molecule has 7 heteroatoms. The van der Waals surface area contributed by atoms with Gasteiger partial charge in [0.05, 0.1) is 15.5 Å². The minimum absolute atomic E-state index is 0.252. The molecule has 0 spiro atoms. The van der Waals surface area contributed by atoms with E-state index in [0.29, 0.717) is 10.8 Å². The highest BCUT2D eigenvalue weighted by molar-refractivity contribution is 7.90. The van der Waals surface area contributed by atoms with Crippen molar-refractivity contribution < 1.29 is 12.8 Å². The van der Waals surface area contributed by atoms with Gasteiger partial charge < -0.3 is 5.73 Å². The second kappa shape index (κ2) is 5.75. The topological polar surface area (TPSA) is 73.0 Å². The Morgan fingerprint density at radius 2 is 1.57 bits per heavy atom. The van der Waals surface area contributed by atoms with Crippen LogP contribution in [0.5, 0.6) is 0 Å². The van der Waals surface area contributed by atoms with Crippen LogP contribution in [-0.2, 0) is 9.84 Å². The van der Waals surface area contributed by atoms with Gasteiger partial charge in [0.1, 0.15) is 5.82 Å². The van der Waals surface area contributed by atoms with E-state index in [9.17, 15) is 12.8 Å². The predicted molar refractivity (Wildman–Crippen MR) is 90.5 cm³/mol. The Morgan fingerprint density at radius 3 is 2.13 bits per heavy atom. The van der Waals surface area contributed by atoms with E-state index in [1.54, 1.807) is 36.4 Å². The monoisotopic (exact) mass is 348 g/mol. The molecule has 1 heterocycles. The number of rotatable bonds is 3. The maximum Gasteiger partial charge on any atom is 0.181 e. The zero-order valence-electron chi connectivity index (χ0n) is 12.2. The number of thiazole rings is 1. The van der Waals surface area contributed by atoms with Crippen molar-refractivity contribution in [3.05, 3.63) is 54.3 Å². The first-order valence-electron chi connectivity index (χ1n) is 6.67. The number of nitrogens with zero attached hydrogens (tertiary/aromatic N) is 1. The molecule has 23 heavy (non-hydrogen) atoms. The summed E-state index contributed by atoms with van der Waals surface area (Å²) in [6.07, 6.45) is 1.16. The number of benzene rings is 2. The Morgan fingerprint density at radius 1 is 1.00 bits per heavy atom. The highest BCUT2D eigenvalue weighted by Crippen LogP contribution is 2.38. The minimum atomic E-state index is -3.24. The summed E-state index contributed by atoms with van der Waals surface area (Å²) in [5, 5.41) is 0.395. The summed E-state index contributed by atoms with van der Waals surface area (Å²) in [5.41, 5.74) is 8.04. The smallest absolute Gasteiger partial charge is 0.181 e. The zero-order chi connectivity index (χ0) is 16.6. The molecular formula is C16H13FN2O2S2. The van der Waals surface area contributed by atoms with Gasteiger partial charge in [0, 0.05) is 11.8 Å². The van der Waals surface area contributed by atoms with Crippen LogP contribution >= 0.6 is 11.3 Å². The average molecular weight is 348 g/mol. The molecule has 3 aromatic rings.